The van der Waals surface area contributed by atoms with Gasteiger partial charge in [-0.1, -0.05) is 38.1 Å². The summed E-state index contributed by atoms with van der Waals surface area (Å²) in [6, 6.07) is 15.8. The number of hydrogen-bond acceptors (Lipinski definition) is 3. The van der Waals surface area contributed by atoms with Gasteiger partial charge in [0.05, 0.1) is 18.2 Å². The van der Waals surface area contributed by atoms with E-state index in [1.54, 1.807) is 19.1 Å². The molecule has 0 aliphatic rings. The van der Waals surface area contributed by atoms with Gasteiger partial charge < -0.3 is 15.4 Å². The third-order valence-electron chi connectivity index (χ3n) is 4.62. The molecule has 144 valence electrons. The second-order valence-electron chi connectivity index (χ2n) is 6.59. The number of thiocarbonyl (C=S) groups is 1. The van der Waals surface area contributed by atoms with Crippen LogP contribution in [-0.2, 0) is 4.74 Å². The maximum absolute atomic E-state index is 11.7. The van der Waals surface area contributed by atoms with E-state index in [2.05, 4.69) is 55.7 Å². The first-order valence-corrected chi connectivity index (χ1v) is 9.80. The molecule has 0 saturated carbocycles. The molecule has 2 rings (SSSR count). The fraction of sp³-hybridized carbons (Fsp3) is 0.364. The molecule has 0 fully saturated rings. The van der Waals surface area contributed by atoms with Crippen LogP contribution in [0.3, 0.4) is 0 Å². The van der Waals surface area contributed by atoms with Gasteiger partial charge in [-0.2, -0.15) is 0 Å². The van der Waals surface area contributed by atoms with Crippen LogP contribution in [0, 0.1) is 0 Å². The molecule has 0 radical (unpaired) electrons. The fourth-order valence-corrected chi connectivity index (χ4v) is 2.99. The van der Waals surface area contributed by atoms with E-state index >= 15 is 0 Å². The molecule has 0 amide bonds. The van der Waals surface area contributed by atoms with Gasteiger partial charge in [-0.05, 0) is 73.8 Å². The van der Waals surface area contributed by atoms with E-state index in [4.69, 9.17) is 17.0 Å². The van der Waals surface area contributed by atoms with E-state index in [1.807, 2.05) is 12.1 Å². The number of carbonyl (C=O) groups is 1. The van der Waals surface area contributed by atoms with Gasteiger partial charge >= 0.3 is 5.97 Å². The molecule has 2 N–H and O–H groups in total. The Labute approximate surface area is 167 Å². The average molecular weight is 385 g/mol. The van der Waals surface area contributed by atoms with Crippen molar-refractivity contribution in [2.24, 2.45) is 0 Å². The average Bonchev–Trinajstić information content (AvgIpc) is 2.68. The van der Waals surface area contributed by atoms with Crippen molar-refractivity contribution in [3.05, 3.63) is 65.2 Å². The van der Waals surface area contributed by atoms with E-state index in [-0.39, 0.29) is 12.0 Å². The zero-order chi connectivity index (χ0) is 19.8. The molecule has 0 aromatic heterocycles. The molecule has 2 unspecified atom stereocenters. The van der Waals surface area contributed by atoms with Crippen molar-refractivity contribution in [3.8, 4) is 0 Å². The zero-order valence-corrected chi connectivity index (χ0v) is 17.2. The van der Waals surface area contributed by atoms with Gasteiger partial charge in [0.15, 0.2) is 5.11 Å². The smallest absolute Gasteiger partial charge is 0.338 e. The van der Waals surface area contributed by atoms with Crippen molar-refractivity contribution in [2.75, 3.05) is 11.9 Å². The van der Waals surface area contributed by atoms with Crippen LogP contribution in [0.15, 0.2) is 48.5 Å². The Morgan fingerprint density at radius 2 is 1.59 bits per heavy atom. The van der Waals surface area contributed by atoms with Crippen molar-refractivity contribution >= 4 is 29.0 Å². The van der Waals surface area contributed by atoms with Crippen LogP contribution in [0.25, 0.3) is 0 Å². The number of nitrogens with one attached hydrogen (secondary N) is 2. The Balaban J connectivity index is 1.92. The van der Waals surface area contributed by atoms with E-state index in [0.29, 0.717) is 23.2 Å². The highest BCUT2D eigenvalue weighted by Gasteiger charge is 2.10. The van der Waals surface area contributed by atoms with Crippen LogP contribution in [0.5, 0.6) is 0 Å². The minimum atomic E-state index is -0.320. The van der Waals surface area contributed by atoms with Gasteiger partial charge in [0.2, 0.25) is 0 Å². The highest BCUT2D eigenvalue weighted by Crippen LogP contribution is 2.21. The minimum absolute atomic E-state index is 0.0924. The molecule has 0 aliphatic heterocycles. The lowest BCUT2D eigenvalue weighted by Gasteiger charge is -2.18. The predicted octanol–water partition coefficient (Wildman–Crippen LogP) is 5.42. The number of anilines is 1. The molecule has 5 heteroatoms. The first-order valence-electron chi connectivity index (χ1n) is 9.39. The van der Waals surface area contributed by atoms with Crippen LogP contribution in [0.4, 0.5) is 5.69 Å². The van der Waals surface area contributed by atoms with Crippen LogP contribution in [0.2, 0.25) is 0 Å². The molecule has 2 aromatic carbocycles. The predicted molar refractivity (Wildman–Crippen MR) is 115 cm³/mol. The molecular formula is C22H28N2O2S. The Hall–Kier alpha value is -2.40. The number of esters is 1. The van der Waals surface area contributed by atoms with Crippen molar-refractivity contribution in [3.63, 3.8) is 0 Å². The van der Waals surface area contributed by atoms with Crippen LogP contribution in [0.1, 0.15) is 67.6 Å². The molecule has 0 spiro atoms. The molecule has 0 saturated heterocycles. The Morgan fingerprint density at radius 1 is 1.00 bits per heavy atom. The van der Waals surface area contributed by atoms with Gasteiger partial charge in [0, 0.05) is 5.69 Å². The molecular weight excluding hydrogens is 356 g/mol. The highest BCUT2D eigenvalue weighted by molar-refractivity contribution is 7.80. The van der Waals surface area contributed by atoms with Crippen LogP contribution >= 0.6 is 12.2 Å². The summed E-state index contributed by atoms with van der Waals surface area (Å²) in [5, 5.41) is 6.98. The van der Waals surface area contributed by atoms with Crippen LogP contribution in [-0.4, -0.2) is 17.7 Å². The largest absolute Gasteiger partial charge is 0.462 e. The third kappa shape index (κ3) is 6.07. The first-order chi connectivity index (χ1) is 12.9. The second kappa shape index (κ2) is 10.1. The molecule has 4 nitrogen and oxygen atoms in total. The highest BCUT2D eigenvalue weighted by atomic mass is 32.1. The monoisotopic (exact) mass is 384 g/mol. The molecule has 2 atom stereocenters. The summed E-state index contributed by atoms with van der Waals surface area (Å²) in [5.74, 6) is 0.252. The summed E-state index contributed by atoms with van der Waals surface area (Å²) in [4.78, 5) is 11.7. The Bertz CT molecular complexity index is 757. The molecule has 0 bridgehead atoms. The maximum Gasteiger partial charge on any atom is 0.338 e. The van der Waals surface area contributed by atoms with Gasteiger partial charge in [0.25, 0.3) is 0 Å². The van der Waals surface area contributed by atoms with E-state index in [9.17, 15) is 4.79 Å². The second-order valence-corrected chi connectivity index (χ2v) is 7.00. The fourth-order valence-electron chi connectivity index (χ4n) is 2.70. The number of rotatable bonds is 7. The lowest BCUT2D eigenvalue weighted by molar-refractivity contribution is 0.0526. The summed E-state index contributed by atoms with van der Waals surface area (Å²) in [7, 11) is 0. The Kier molecular flexibility index (Phi) is 7.80. The topological polar surface area (TPSA) is 50.4 Å². The van der Waals surface area contributed by atoms with Crippen LogP contribution < -0.4 is 10.6 Å². The van der Waals surface area contributed by atoms with Crippen molar-refractivity contribution in [2.45, 2.75) is 46.1 Å². The summed E-state index contributed by atoms with van der Waals surface area (Å²) >= 11 is 5.41. The third-order valence-corrected chi connectivity index (χ3v) is 4.84. The quantitative estimate of drug-likeness (QED) is 0.493. The zero-order valence-electron chi connectivity index (χ0n) is 16.4. The lowest BCUT2D eigenvalue weighted by Crippen LogP contribution is -2.30. The molecule has 27 heavy (non-hydrogen) atoms. The van der Waals surface area contributed by atoms with Gasteiger partial charge in [-0.25, -0.2) is 4.79 Å². The Morgan fingerprint density at radius 3 is 2.15 bits per heavy atom. The normalized spacial score (nSPS) is 12.7. The van der Waals surface area contributed by atoms with E-state index in [1.165, 1.54) is 11.1 Å². The van der Waals surface area contributed by atoms with Crippen molar-refractivity contribution in [1.82, 2.24) is 5.32 Å². The molecule has 2 aromatic rings. The van der Waals surface area contributed by atoms with Crippen molar-refractivity contribution < 1.29 is 9.53 Å². The SMILES string of the molecule is CCOC(=O)c1ccc(NC(=S)NC(C)c2ccc(C(C)CC)cc2)cc1. The summed E-state index contributed by atoms with van der Waals surface area (Å²) in [6.45, 7) is 8.67. The summed E-state index contributed by atoms with van der Waals surface area (Å²) in [5.41, 5.74) is 3.88. The summed E-state index contributed by atoms with van der Waals surface area (Å²) < 4.78 is 4.98. The van der Waals surface area contributed by atoms with E-state index < -0.39 is 0 Å². The number of ether oxygens (including phenoxy) is 1. The van der Waals surface area contributed by atoms with Gasteiger partial charge in [-0.3, -0.25) is 0 Å². The minimum Gasteiger partial charge on any atom is -0.462 e. The number of carbonyl (C=O) groups excluding carboxylic acids is 1. The standard InChI is InChI=1S/C22H28N2O2S/c1-5-15(3)17-7-9-18(10-8-17)16(4)23-22(27)24-20-13-11-19(12-14-20)21(25)26-6-2/h7-16H,5-6H2,1-4H3,(H2,23,24,27). The number of benzene rings is 2. The molecule has 0 heterocycles. The number of hydrogen-bond donors (Lipinski definition) is 2. The van der Waals surface area contributed by atoms with Crippen molar-refractivity contribution in [1.29, 1.82) is 0 Å². The first kappa shape index (κ1) is 20.9. The maximum atomic E-state index is 11.7. The van der Waals surface area contributed by atoms with Gasteiger partial charge in [0.1, 0.15) is 0 Å². The summed E-state index contributed by atoms with van der Waals surface area (Å²) in [6.07, 6.45) is 1.14. The lowest BCUT2D eigenvalue weighted by atomic mass is 9.96. The van der Waals surface area contributed by atoms with E-state index in [0.717, 1.165) is 12.1 Å². The van der Waals surface area contributed by atoms with Gasteiger partial charge in [-0.15, -0.1) is 0 Å². The molecule has 0 aliphatic carbocycles.